The number of hydrogen-bond donors (Lipinski definition) is 1. The molecule has 0 saturated carbocycles. The lowest BCUT2D eigenvalue weighted by atomic mass is 9.82. The van der Waals surface area contributed by atoms with Gasteiger partial charge >= 0.3 is 6.09 Å². The SMILES string of the molecule is [C-]#[N+]C1(Cc2ccc(F)cc2)CCN(C(=O)C2CN(C(=O)OC(C)(C)C)c3cc(Cl)c(N)cc3O2)CC1. The Morgan fingerprint density at radius 3 is 2.49 bits per heavy atom. The first-order valence-electron chi connectivity index (χ1n) is 12.1. The summed E-state index contributed by atoms with van der Waals surface area (Å²) in [6.45, 7) is 13.8. The van der Waals surface area contributed by atoms with Crippen molar-refractivity contribution >= 4 is 35.0 Å². The number of rotatable bonds is 3. The number of likely N-dealkylation sites (tertiary alicyclic amines) is 1. The Morgan fingerprint density at radius 2 is 1.89 bits per heavy atom. The van der Waals surface area contributed by atoms with Gasteiger partial charge in [0.05, 0.1) is 29.4 Å². The van der Waals surface area contributed by atoms with E-state index in [1.165, 1.54) is 29.2 Å². The average molecular weight is 529 g/mol. The molecule has 0 aliphatic carbocycles. The van der Waals surface area contributed by atoms with Crippen LogP contribution in [0.4, 0.5) is 20.6 Å². The molecule has 1 unspecified atom stereocenters. The van der Waals surface area contributed by atoms with E-state index in [4.69, 9.17) is 33.4 Å². The fourth-order valence-electron chi connectivity index (χ4n) is 4.59. The minimum absolute atomic E-state index is 0.0545. The maximum atomic E-state index is 13.5. The molecule has 1 saturated heterocycles. The van der Waals surface area contributed by atoms with Gasteiger partial charge in [0.1, 0.15) is 17.2 Å². The van der Waals surface area contributed by atoms with Gasteiger partial charge in [-0.25, -0.2) is 15.8 Å². The number of fused-ring (bicyclic) bond motifs is 1. The van der Waals surface area contributed by atoms with E-state index in [2.05, 4.69) is 4.85 Å². The molecule has 196 valence electrons. The zero-order valence-electron chi connectivity index (χ0n) is 21.1. The highest BCUT2D eigenvalue weighted by Crippen LogP contribution is 2.40. The molecule has 0 spiro atoms. The minimum atomic E-state index is -0.974. The first kappa shape index (κ1) is 26.6. The number of carbonyl (C=O) groups is 2. The molecule has 0 bridgehead atoms. The Kier molecular flexibility index (Phi) is 7.24. The highest BCUT2D eigenvalue weighted by molar-refractivity contribution is 6.33. The number of nitrogens with zero attached hydrogens (tertiary/aromatic N) is 3. The van der Waals surface area contributed by atoms with E-state index in [1.807, 2.05) is 0 Å². The second-order valence-electron chi connectivity index (χ2n) is 10.5. The lowest BCUT2D eigenvalue weighted by molar-refractivity contribution is -0.140. The summed E-state index contributed by atoms with van der Waals surface area (Å²) in [7, 11) is 0. The van der Waals surface area contributed by atoms with Gasteiger partial charge in [-0.15, -0.1) is 0 Å². The van der Waals surface area contributed by atoms with Crippen molar-refractivity contribution in [1.82, 2.24) is 4.90 Å². The molecule has 37 heavy (non-hydrogen) atoms. The Bertz CT molecular complexity index is 1230. The van der Waals surface area contributed by atoms with Gasteiger partial charge in [-0.2, -0.15) is 0 Å². The molecular formula is C27H30ClFN4O4. The maximum absolute atomic E-state index is 13.5. The van der Waals surface area contributed by atoms with E-state index >= 15 is 0 Å². The van der Waals surface area contributed by atoms with Crippen LogP contribution in [0, 0.1) is 12.4 Å². The summed E-state index contributed by atoms with van der Waals surface area (Å²) >= 11 is 6.20. The average Bonchev–Trinajstić information content (AvgIpc) is 2.84. The Labute approximate surface area is 220 Å². The molecule has 2 aliphatic rings. The van der Waals surface area contributed by atoms with E-state index in [-0.39, 0.29) is 34.7 Å². The van der Waals surface area contributed by atoms with Crippen molar-refractivity contribution in [2.75, 3.05) is 30.3 Å². The Morgan fingerprint density at radius 1 is 1.24 bits per heavy atom. The number of anilines is 2. The molecule has 1 fully saturated rings. The van der Waals surface area contributed by atoms with Crippen LogP contribution in [0.1, 0.15) is 39.2 Å². The van der Waals surface area contributed by atoms with Crippen molar-refractivity contribution in [3.05, 3.63) is 64.2 Å². The Balaban J connectivity index is 1.50. The number of nitrogens with two attached hydrogens (primary N) is 1. The summed E-state index contributed by atoms with van der Waals surface area (Å²) in [6.07, 6.45) is -0.167. The normalized spacial score (nSPS) is 18.9. The summed E-state index contributed by atoms with van der Waals surface area (Å²) < 4.78 is 24.9. The lowest BCUT2D eigenvalue weighted by Crippen LogP contribution is -2.55. The predicted octanol–water partition coefficient (Wildman–Crippen LogP) is 5.09. The second kappa shape index (κ2) is 10.1. The van der Waals surface area contributed by atoms with Crippen molar-refractivity contribution in [2.45, 2.75) is 57.3 Å². The molecule has 2 aromatic carbocycles. The topological polar surface area (TPSA) is 89.5 Å². The predicted molar refractivity (Wildman–Crippen MR) is 139 cm³/mol. The summed E-state index contributed by atoms with van der Waals surface area (Å²) in [4.78, 5) is 33.5. The molecule has 2 heterocycles. The third kappa shape index (κ3) is 5.91. The van der Waals surface area contributed by atoms with Crippen molar-refractivity contribution in [1.29, 1.82) is 0 Å². The third-order valence-corrected chi connectivity index (χ3v) is 6.89. The van der Waals surface area contributed by atoms with Crippen LogP contribution in [-0.2, 0) is 16.0 Å². The van der Waals surface area contributed by atoms with E-state index in [0.717, 1.165) is 5.56 Å². The highest BCUT2D eigenvalue weighted by Gasteiger charge is 2.44. The smallest absolute Gasteiger partial charge is 0.415 e. The van der Waals surface area contributed by atoms with E-state index in [1.54, 1.807) is 37.8 Å². The van der Waals surface area contributed by atoms with Crippen molar-refractivity contribution in [3.63, 3.8) is 0 Å². The number of halogens is 2. The van der Waals surface area contributed by atoms with Crippen LogP contribution in [0.15, 0.2) is 36.4 Å². The molecular weight excluding hydrogens is 499 g/mol. The van der Waals surface area contributed by atoms with Gasteiger partial charge in [0.15, 0.2) is 6.10 Å². The zero-order chi connectivity index (χ0) is 27.0. The van der Waals surface area contributed by atoms with Gasteiger partial charge in [-0.05, 0) is 44.5 Å². The number of ether oxygens (including phenoxy) is 2. The number of benzene rings is 2. The van der Waals surface area contributed by atoms with Crippen LogP contribution in [0.5, 0.6) is 5.75 Å². The molecule has 10 heteroatoms. The summed E-state index contributed by atoms with van der Waals surface area (Å²) in [5.74, 6) is -0.339. The van der Waals surface area contributed by atoms with Gasteiger partial charge < -0.3 is 25.0 Å². The van der Waals surface area contributed by atoms with Crippen LogP contribution in [0.3, 0.4) is 0 Å². The quantitative estimate of drug-likeness (QED) is 0.443. The highest BCUT2D eigenvalue weighted by atomic mass is 35.5. The van der Waals surface area contributed by atoms with Crippen LogP contribution >= 0.6 is 11.6 Å². The second-order valence-corrected chi connectivity index (χ2v) is 10.9. The third-order valence-electron chi connectivity index (χ3n) is 6.57. The molecule has 2 amide bonds. The van der Waals surface area contributed by atoms with Crippen LogP contribution in [0.25, 0.3) is 4.85 Å². The number of nitrogen functional groups attached to an aromatic ring is 1. The van der Waals surface area contributed by atoms with Gasteiger partial charge in [-0.3, -0.25) is 9.69 Å². The van der Waals surface area contributed by atoms with Crippen LogP contribution < -0.4 is 15.4 Å². The van der Waals surface area contributed by atoms with Crippen LogP contribution in [-0.4, -0.2) is 53.8 Å². The molecule has 4 rings (SSSR count). The molecule has 0 radical (unpaired) electrons. The number of piperidine rings is 1. The van der Waals surface area contributed by atoms with Gasteiger partial charge in [-0.1, -0.05) is 23.7 Å². The summed E-state index contributed by atoms with van der Waals surface area (Å²) in [5.41, 5.74) is 6.07. The summed E-state index contributed by atoms with van der Waals surface area (Å²) in [5, 5.41) is 0.258. The first-order chi connectivity index (χ1) is 17.4. The van der Waals surface area contributed by atoms with Crippen LogP contribution in [0.2, 0.25) is 5.02 Å². The molecule has 2 aliphatic heterocycles. The largest absolute Gasteiger partial charge is 0.476 e. The Hall–Kier alpha value is -3.51. The van der Waals surface area contributed by atoms with E-state index in [0.29, 0.717) is 38.0 Å². The maximum Gasteiger partial charge on any atom is 0.415 e. The zero-order valence-corrected chi connectivity index (χ0v) is 21.8. The van der Waals surface area contributed by atoms with Crippen molar-refractivity contribution in [3.8, 4) is 5.75 Å². The number of hydrogen-bond acceptors (Lipinski definition) is 5. The van der Waals surface area contributed by atoms with Gasteiger partial charge in [0.25, 0.3) is 5.91 Å². The molecule has 1 atom stereocenters. The number of amides is 2. The fraction of sp³-hybridized carbons (Fsp3) is 0.444. The molecule has 8 nitrogen and oxygen atoms in total. The summed E-state index contributed by atoms with van der Waals surface area (Å²) in [6, 6.07) is 9.18. The minimum Gasteiger partial charge on any atom is -0.476 e. The standard InChI is InChI=1S/C27H30ClFN4O4/c1-26(2,3)37-25(35)33-16-23(36-22-14-20(30)19(28)13-21(22)33)24(34)32-11-9-27(31-4,10-12-32)15-17-5-7-18(29)8-6-17/h5-8,13-14,23H,9-12,15-16,30H2,1-3H3. The number of carbonyl (C=O) groups excluding carboxylic acids is 2. The van der Waals surface area contributed by atoms with Gasteiger partial charge in [0.2, 0.25) is 5.54 Å². The molecule has 2 N–H and O–H groups in total. The fourth-order valence-corrected chi connectivity index (χ4v) is 4.75. The molecule has 2 aromatic rings. The van der Waals surface area contributed by atoms with E-state index in [9.17, 15) is 14.0 Å². The van der Waals surface area contributed by atoms with Crippen molar-refractivity contribution < 1.29 is 23.5 Å². The van der Waals surface area contributed by atoms with Gasteiger partial charge in [0, 0.05) is 32.0 Å². The van der Waals surface area contributed by atoms with Crippen molar-refractivity contribution in [2.24, 2.45) is 0 Å². The van der Waals surface area contributed by atoms with E-state index < -0.39 is 23.3 Å². The lowest BCUT2D eigenvalue weighted by Gasteiger charge is -2.39. The monoisotopic (exact) mass is 528 g/mol. The molecule has 0 aromatic heterocycles. The first-order valence-corrected chi connectivity index (χ1v) is 12.5.